The smallest absolute Gasteiger partial charge is 0.405 e. The van der Waals surface area contributed by atoms with Crippen LogP contribution in [0.2, 0.25) is 0 Å². The molecule has 0 aromatic carbocycles. The Morgan fingerprint density at radius 1 is 1.11 bits per heavy atom. The molecule has 6 atom stereocenters. The Morgan fingerprint density at radius 3 is 2.36 bits per heavy atom. The van der Waals surface area contributed by atoms with E-state index in [1.807, 2.05) is 32.8 Å². The van der Waals surface area contributed by atoms with Crippen LogP contribution in [0.1, 0.15) is 47.5 Å². The molecule has 1 aliphatic carbocycles. The minimum atomic E-state index is -0.997. The van der Waals surface area contributed by atoms with Crippen molar-refractivity contribution < 1.29 is 38.5 Å². The van der Waals surface area contributed by atoms with Gasteiger partial charge in [-0.2, -0.15) is 0 Å². The first-order valence-electron chi connectivity index (χ1n) is 15.1. The van der Waals surface area contributed by atoms with Crippen LogP contribution < -0.4 is 16.4 Å². The lowest BCUT2D eigenvalue weighted by molar-refractivity contribution is -0.120. The summed E-state index contributed by atoms with van der Waals surface area (Å²) in [6.45, 7) is 9.63. The van der Waals surface area contributed by atoms with Gasteiger partial charge in [0, 0.05) is 49.9 Å². The summed E-state index contributed by atoms with van der Waals surface area (Å²) in [6, 6.07) is 0. The molecule has 2 bridgehead atoms. The Labute approximate surface area is 266 Å². The van der Waals surface area contributed by atoms with E-state index in [0.717, 1.165) is 0 Å². The number of aliphatic hydroxyl groups is 1. The highest BCUT2D eigenvalue weighted by Crippen LogP contribution is 2.30. The number of carbonyl (C=O) groups is 4. The van der Waals surface area contributed by atoms with Gasteiger partial charge in [0.25, 0.3) is 5.91 Å². The Morgan fingerprint density at radius 2 is 1.78 bits per heavy atom. The number of Topliss-reactive ketones (excluding diaryl/α,β-unsaturated/α-hetero) is 2. The third kappa shape index (κ3) is 10.2. The quantitative estimate of drug-likeness (QED) is 0.242. The summed E-state index contributed by atoms with van der Waals surface area (Å²) in [7, 11) is 6.76. The molecule has 2 amide bonds. The number of ether oxygens (including phenoxy) is 3. The number of ketones is 2. The van der Waals surface area contributed by atoms with Crippen LogP contribution >= 0.6 is 0 Å². The van der Waals surface area contributed by atoms with Crippen molar-refractivity contribution in [2.24, 2.45) is 17.6 Å². The third-order valence-corrected chi connectivity index (χ3v) is 8.05. The molecule has 250 valence electrons. The average molecular weight is 631 g/mol. The monoisotopic (exact) mass is 630 g/mol. The van der Waals surface area contributed by atoms with Crippen LogP contribution in [0, 0.1) is 11.8 Å². The highest BCUT2D eigenvalue weighted by atomic mass is 16.6. The van der Waals surface area contributed by atoms with Crippen molar-refractivity contribution in [3.63, 3.8) is 0 Å². The van der Waals surface area contributed by atoms with Gasteiger partial charge in [-0.25, -0.2) is 4.79 Å². The largest absolute Gasteiger partial charge is 0.439 e. The highest BCUT2D eigenvalue weighted by Gasteiger charge is 2.35. The lowest BCUT2D eigenvalue weighted by Crippen LogP contribution is -2.40. The summed E-state index contributed by atoms with van der Waals surface area (Å²) in [5, 5.41) is 17.1. The highest BCUT2D eigenvalue weighted by molar-refractivity contribution is 6.25. The second kappa shape index (κ2) is 17.2. The second-order valence-corrected chi connectivity index (χ2v) is 12.1. The number of carbonyl (C=O) groups excluding carboxylic acids is 4. The number of likely N-dealkylation sites (N-methyl/N-ethyl adjacent to an activating group) is 1. The maximum atomic E-state index is 13.9. The topological polar surface area (TPSA) is 170 Å². The molecule has 45 heavy (non-hydrogen) atoms. The molecule has 5 N–H and O–H groups in total. The first kappa shape index (κ1) is 37.6. The number of nitrogens with one attached hydrogen (secondary N) is 2. The first-order valence-corrected chi connectivity index (χ1v) is 15.1. The van der Waals surface area contributed by atoms with Crippen molar-refractivity contribution in [2.45, 2.75) is 71.9 Å². The zero-order valence-electron chi connectivity index (χ0n) is 27.9. The minimum Gasteiger partial charge on any atom is -0.439 e. The van der Waals surface area contributed by atoms with Crippen LogP contribution in [0.15, 0.2) is 58.0 Å². The molecule has 1 aliphatic heterocycles. The van der Waals surface area contributed by atoms with Crippen LogP contribution in [0.25, 0.3) is 0 Å². The number of allylic oxidation sites excluding steroid dienone is 4. The number of hydrogen-bond donors (Lipinski definition) is 4. The lowest BCUT2D eigenvalue weighted by Gasteiger charge is -2.30. The van der Waals surface area contributed by atoms with Crippen molar-refractivity contribution in [2.75, 3.05) is 41.4 Å². The number of hydrogen-bond acceptors (Lipinski definition) is 10. The normalized spacial score (nSPS) is 27.8. The SMILES string of the molecule is CO[C@H]1C=CC=C(C)C(=O)NC2=C(C)C(=O)C(NCCN(C)C)=C(C[C@@H](C)C[C@H](OC)[C@H](O)[C@@H](C)C=C(C)[C@@H]1OC(N)=O)C2=O. The van der Waals surface area contributed by atoms with Gasteiger partial charge in [-0.1, -0.05) is 38.2 Å². The summed E-state index contributed by atoms with van der Waals surface area (Å²) in [5.41, 5.74) is 6.78. The molecular weight excluding hydrogens is 580 g/mol. The van der Waals surface area contributed by atoms with E-state index in [1.54, 1.807) is 32.1 Å². The molecule has 0 radical (unpaired) electrons. The van der Waals surface area contributed by atoms with Gasteiger partial charge in [0.15, 0.2) is 6.10 Å². The molecule has 0 unspecified atom stereocenters. The number of fused-ring (bicyclic) bond motifs is 2. The summed E-state index contributed by atoms with van der Waals surface area (Å²) in [4.78, 5) is 54.4. The van der Waals surface area contributed by atoms with E-state index in [-0.39, 0.29) is 46.2 Å². The van der Waals surface area contributed by atoms with Crippen molar-refractivity contribution in [3.05, 3.63) is 58.0 Å². The van der Waals surface area contributed by atoms with Gasteiger partial charge in [0.1, 0.15) is 6.10 Å². The number of amides is 2. The van der Waals surface area contributed by atoms with E-state index in [9.17, 15) is 24.3 Å². The van der Waals surface area contributed by atoms with E-state index in [0.29, 0.717) is 25.1 Å². The van der Waals surface area contributed by atoms with E-state index < -0.39 is 48.1 Å². The fourth-order valence-electron chi connectivity index (χ4n) is 5.40. The molecule has 0 spiro atoms. The standard InChI is InChI=1S/C33H50N4O8/c1-18-15-23-27(35-13-14-37(6)7)29(39)22(5)26(30(23)40)36-32(41)19(2)11-10-12-24(43-8)31(45-33(34)42)21(4)17-20(3)28(38)25(16-18)44-9/h10-12,17-18,20,24-25,28,31,35,38H,13-16H2,1-9H3,(H2,34,42)(H,36,41)/t18-,20+,24+,25+,28-,31+/m1/s1. The Hall–Kier alpha value is -3.58. The molecule has 0 saturated carbocycles. The molecule has 1 heterocycles. The number of aliphatic hydroxyl groups excluding tert-OH is 1. The van der Waals surface area contributed by atoms with Gasteiger partial charge < -0.3 is 40.6 Å². The van der Waals surface area contributed by atoms with Gasteiger partial charge in [0.05, 0.1) is 23.6 Å². The van der Waals surface area contributed by atoms with Gasteiger partial charge in [-0.15, -0.1) is 0 Å². The zero-order chi connectivity index (χ0) is 34.0. The molecule has 0 aromatic heterocycles. The van der Waals surface area contributed by atoms with Crippen LogP contribution in [0.4, 0.5) is 4.79 Å². The van der Waals surface area contributed by atoms with E-state index in [1.165, 1.54) is 27.2 Å². The Balaban J connectivity index is 2.66. The number of nitrogens with zero attached hydrogens (tertiary/aromatic N) is 1. The molecule has 2 rings (SSSR count). The van der Waals surface area contributed by atoms with Gasteiger partial charge >= 0.3 is 6.09 Å². The minimum absolute atomic E-state index is 0.0681. The number of methoxy groups -OCH3 is 2. The van der Waals surface area contributed by atoms with E-state index in [2.05, 4.69) is 10.6 Å². The zero-order valence-corrected chi connectivity index (χ0v) is 27.9. The van der Waals surface area contributed by atoms with Crippen LogP contribution in [0.5, 0.6) is 0 Å². The predicted octanol–water partition coefficient (Wildman–Crippen LogP) is 2.30. The maximum Gasteiger partial charge on any atom is 0.405 e. The fraction of sp³-hybridized carbons (Fsp3) is 0.576. The predicted molar refractivity (Wildman–Crippen MR) is 171 cm³/mol. The number of nitrogens with two attached hydrogens (primary N) is 1. The van der Waals surface area contributed by atoms with Crippen molar-refractivity contribution in [1.82, 2.24) is 15.5 Å². The van der Waals surface area contributed by atoms with Crippen molar-refractivity contribution >= 4 is 23.6 Å². The molecule has 12 heteroatoms. The summed E-state index contributed by atoms with van der Waals surface area (Å²) in [5.74, 6) is -2.00. The average Bonchev–Trinajstić information content (AvgIpc) is 2.98. The number of rotatable bonds is 7. The summed E-state index contributed by atoms with van der Waals surface area (Å²) >= 11 is 0. The molecule has 2 aliphatic rings. The van der Waals surface area contributed by atoms with Crippen LogP contribution in [-0.2, 0) is 28.6 Å². The Bertz CT molecular complexity index is 1280. The molecule has 0 aromatic rings. The van der Waals surface area contributed by atoms with E-state index >= 15 is 0 Å². The fourth-order valence-corrected chi connectivity index (χ4v) is 5.40. The molecule has 12 nitrogen and oxygen atoms in total. The molecular formula is C33H50N4O8. The maximum absolute atomic E-state index is 13.9. The van der Waals surface area contributed by atoms with Gasteiger partial charge in [0.2, 0.25) is 11.6 Å². The van der Waals surface area contributed by atoms with Gasteiger partial charge in [-0.3, -0.25) is 14.4 Å². The summed E-state index contributed by atoms with van der Waals surface area (Å²) < 4.78 is 16.7. The van der Waals surface area contributed by atoms with Crippen LogP contribution in [-0.4, -0.2) is 99.4 Å². The van der Waals surface area contributed by atoms with Crippen LogP contribution in [0.3, 0.4) is 0 Å². The molecule has 0 fully saturated rings. The third-order valence-electron chi connectivity index (χ3n) is 8.05. The lowest BCUT2D eigenvalue weighted by atomic mass is 9.83. The first-order chi connectivity index (χ1) is 21.1. The second-order valence-electron chi connectivity index (χ2n) is 12.1. The molecule has 0 saturated heterocycles. The summed E-state index contributed by atoms with van der Waals surface area (Å²) in [6.07, 6.45) is 2.75. The van der Waals surface area contributed by atoms with Crippen molar-refractivity contribution in [3.8, 4) is 0 Å². The number of primary amides is 1. The van der Waals surface area contributed by atoms with Gasteiger partial charge in [-0.05, 0) is 59.2 Å². The van der Waals surface area contributed by atoms with Crippen molar-refractivity contribution in [1.29, 1.82) is 0 Å². The Kier molecular flexibility index (Phi) is 14.4. The van der Waals surface area contributed by atoms with E-state index in [4.69, 9.17) is 19.9 Å².